The first-order chi connectivity index (χ1) is 16.2. The maximum absolute atomic E-state index is 12.9. The van der Waals surface area contributed by atoms with Crippen molar-refractivity contribution in [2.45, 2.75) is 39.8 Å². The fraction of sp³-hybridized carbons (Fsp3) is 0.304. The van der Waals surface area contributed by atoms with Gasteiger partial charge in [0, 0.05) is 6.42 Å². The van der Waals surface area contributed by atoms with Gasteiger partial charge in [0.15, 0.2) is 6.61 Å². The van der Waals surface area contributed by atoms with Gasteiger partial charge in [0.1, 0.15) is 29.7 Å². The van der Waals surface area contributed by atoms with Crippen LogP contribution < -0.4 is 0 Å². The van der Waals surface area contributed by atoms with Gasteiger partial charge in [0.2, 0.25) is 0 Å². The molecule has 4 rings (SSSR count). The number of amides is 1. The van der Waals surface area contributed by atoms with E-state index in [0.29, 0.717) is 12.2 Å². The quantitative estimate of drug-likeness (QED) is 0.297. The fourth-order valence-corrected chi connectivity index (χ4v) is 3.85. The molecule has 1 aliphatic rings. The summed E-state index contributed by atoms with van der Waals surface area (Å²) in [5, 5.41) is 20.9. The van der Waals surface area contributed by atoms with E-state index in [1.54, 1.807) is 12.1 Å². The first kappa shape index (κ1) is 22.9. The number of aromatic nitrogens is 2. The molecule has 11 heteroatoms. The lowest BCUT2D eigenvalue weighted by atomic mass is 10.0. The summed E-state index contributed by atoms with van der Waals surface area (Å²) in [6.45, 7) is 4.08. The molecule has 176 valence electrons. The number of furan rings is 1. The zero-order chi connectivity index (χ0) is 24.4. The Hall–Kier alpha value is -4.28. The van der Waals surface area contributed by atoms with Gasteiger partial charge in [0.25, 0.3) is 5.91 Å². The smallest absolute Gasteiger partial charge is 0.328 e. The predicted molar refractivity (Wildman–Crippen MR) is 120 cm³/mol. The Bertz CT molecular complexity index is 1260. The summed E-state index contributed by atoms with van der Waals surface area (Å²) in [6, 6.07) is 10.8. The monoisotopic (exact) mass is 465 g/mol. The van der Waals surface area contributed by atoms with Gasteiger partial charge in [0.05, 0.1) is 16.9 Å². The van der Waals surface area contributed by atoms with Crippen LogP contribution in [0.2, 0.25) is 0 Å². The van der Waals surface area contributed by atoms with E-state index in [4.69, 9.17) is 9.15 Å². The highest BCUT2D eigenvalue weighted by Crippen LogP contribution is 2.33. The van der Waals surface area contributed by atoms with Gasteiger partial charge in [-0.15, -0.1) is 0 Å². The minimum absolute atomic E-state index is 0.153. The molecule has 0 bridgehead atoms. The summed E-state index contributed by atoms with van der Waals surface area (Å²) in [6.07, 6.45) is 1.97. The van der Waals surface area contributed by atoms with Gasteiger partial charge >= 0.3 is 11.7 Å². The molecule has 0 saturated heterocycles. The van der Waals surface area contributed by atoms with Crippen molar-refractivity contribution in [3.63, 3.8) is 0 Å². The SMILES string of the molecule is Cc1ccc(C2=NN(C(=O)COC(=O)Cn3nc(C)c([N+](=O)[O-])c3C)C(c3ccco3)C2)cc1. The third-order valence-electron chi connectivity index (χ3n) is 5.58. The molecular formula is C23H23N5O6. The molecule has 0 N–H and O–H groups in total. The van der Waals surface area contributed by atoms with Crippen LogP contribution in [-0.2, 0) is 20.9 Å². The molecule has 2 aromatic heterocycles. The molecule has 1 unspecified atom stereocenters. The molecule has 1 aliphatic heterocycles. The molecule has 11 nitrogen and oxygen atoms in total. The lowest BCUT2D eigenvalue weighted by Gasteiger charge is -2.19. The third kappa shape index (κ3) is 4.58. The molecule has 3 heterocycles. The zero-order valence-electron chi connectivity index (χ0n) is 18.9. The maximum atomic E-state index is 12.9. The number of benzene rings is 1. The summed E-state index contributed by atoms with van der Waals surface area (Å²) >= 11 is 0. The lowest BCUT2D eigenvalue weighted by Crippen LogP contribution is -2.31. The Morgan fingerprint density at radius 3 is 2.56 bits per heavy atom. The summed E-state index contributed by atoms with van der Waals surface area (Å²) in [7, 11) is 0. The van der Waals surface area contributed by atoms with Crippen molar-refractivity contribution in [1.82, 2.24) is 14.8 Å². The lowest BCUT2D eigenvalue weighted by molar-refractivity contribution is -0.386. The van der Waals surface area contributed by atoms with Crippen LogP contribution >= 0.6 is 0 Å². The van der Waals surface area contributed by atoms with Crippen molar-refractivity contribution in [3.05, 3.63) is 81.1 Å². The van der Waals surface area contributed by atoms with E-state index in [1.807, 2.05) is 31.2 Å². The van der Waals surface area contributed by atoms with Crippen LogP contribution in [0.1, 0.15) is 40.7 Å². The van der Waals surface area contributed by atoms with E-state index in [1.165, 1.54) is 29.8 Å². The highest BCUT2D eigenvalue weighted by Gasteiger charge is 2.35. The Balaban J connectivity index is 1.46. The zero-order valence-corrected chi connectivity index (χ0v) is 18.9. The number of carbonyl (C=O) groups is 2. The van der Waals surface area contributed by atoms with E-state index >= 15 is 0 Å². The first-order valence-electron chi connectivity index (χ1n) is 10.6. The molecule has 1 atom stereocenters. The van der Waals surface area contributed by atoms with E-state index in [-0.39, 0.29) is 23.6 Å². The summed E-state index contributed by atoms with van der Waals surface area (Å²) in [4.78, 5) is 35.9. The molecule has 0 spiro atoms. The standard InChI is InChI=1S/C23H23N5O6/c1-14-6-8-17(9-7-14)18-11-19(20-5-4-10-33-20)27(25-18)21(29)13-34-22(30)12-26-16(3)23(28(31)32)15(2)24-26/h4-10,19H,11-13H2,1-3H3. The van der Waals surface area contributed by atoms with E-state index in [0.717, 1.165) is 16.8 Å². The number of rotatable bonds is 7. The number of nitrogens with zero attached hydrogens (tertiary/aromatic N) is 5. The normalized spacial score (nSPS) is 15.3. The second-order valence-electron chi connectivity index (χ2n) is 7.98. The second-order valence-corrected chi connectivity index (χ2v) is 7.98. The average Bonchev–Trinajstić information content (AvgIpc) is 3.52. The average molecular weight is 465 g/mol. The Labute approximate surface area is 194 Å². The summed E-state index contributed by atoms with van der Waals surface area (Å²) in [5.41, 5.74) is 2.99. The summed E-state index contributed by atoms with van der Waals surface area (Å²) < 4.78 is 11.8. The van der Waals surface area contributed by atoms with E-state index in [9.17, 15) is 19.7 Å². The highest BCUT2D eigenvalue weighted by molar-refractivity contribution is 6.03. The van der Waals surface area contributed by atoms with Gasteiger partial charge < -0.3 is 9.15 Å². The molecule has 0 aliphatic carbocycles. The van der Waals surface area contributed by atoms with Crippen LogP contribution in [0.15, 0.2) is 52.2 Å². The molecular weight excluding hydrogens is 442 g/mol. The Kier molecular flexibility index (Phi) is 6.26. The van der Waals surface area contributed by atoms with Gasteiger partial charge in [-0.3, -0.25) is 24.4 Å². The van der Waals surface area contributed by atoms with Gasteiger partial charge in [-0.1, -0.05) is 29.8 Å². The molecule has 0 fully saturated rings. The van der Waals surface area contributed by atoms with Crippen molar-refractivity contribution < 1.29 is 23.7 Å². The molecule has 3 aromatic rings. The minimum Gasteiger partial charge on any atom is -0.467 e. The first-order valence-corrected chi connectivity index (χ1v) is 10.6. The number of esters is 1. The largest absolute Gasteiger partial charge is 0.467 e. The number of nitro groups is 1. The van der Waals surface area contributed by atoms with E-state index < -0.39 is 29.4 Å². The number of hydrogen-bond donors (Lipinski definition) is 0. The van der Waals surface area contributed by atoms with Crippen LogP contribution in [0.4, 0.5) is 5.69 Å². The third-order valence-corrected chi connectivity index (χ3v) is 5.58. The minimum atomic E-state index is -0.745. The maximum Gasteiger partial charge on any atom is 0.328 e. The molecule has 1 amide bonds. The number of hydrazone groups is 1. The topological polar surface area (TPSA) is 133 Å². The number of ether oxygens (including phenoxy) is 1. The van der Waals surface area contributed by atoms with Crippen molar-refractivity contribution in [3.8, 4) is 0 Å². The molecule has 34 heavy (non-hydrogen) atoms. The van der Waals surface area contributed by atoms with Crippen molar-refractivity contribution >= 4 is 23.3 Å². The van der Waals surface area contributed by atoms with Crippen LogP contribution in [0, 0.1) is 30.9 Å². The van der Waals surface area contributed by atoms with Gasteiger partial charge in [-0.25, -0.2) is 5.01 Å². The van der Waals surface area contributed by atoms with E-state index in [2.05, 4.69) is 10.2 Å². The van der Waals surface area contributed by atoms with Crippen LogP contribution in [0.5, 0.6) is 0 Å². The van der Waals surface area contributed by atoms with Crippen molar-refractivity contribution in [2.75, 3.05) is 6.61 Å². The predicted octanol–water partition coefficient (Wildman–Crippen LogP) is 3.23. The second kappa shape index (κ2) is 9.30. The highest BCUT2D eigenvalue weighted by atomic mass is 16.6. The number of hydrogen-bond acceptors (Lipinski definition) is 8. The van der Waals surface area contributed by atoms with Crippen LogP contribution in [-0.4, -0.2) is 43.9 Å². The molecule has 0 radical (unpaired) electrons. The molecule has 0 saturated carbocycles. The van der Waals surface area contributed by atoms with Gasteiger partial charge in [-0.05, 0) is 38.5 Å². The van der Waals surface area contributed by atoms with Crippen molar-refractivity contribution in [1.29, 1.82) is 0 Å². The fourth-order valence-electron chi connectivity index (χ4n) is 3.85. The number of carbonyl (C=O) groups excluding carboxylic acids is 2. The molecule has 1 aromatic carbocycles. The van der Waals surface area contributed by atoms with Crippen LogP contribution in [0.3, 0.4) is 0 Å². The Morgan fingerprint density at radius 1 is 1.21 bits per heavy atom. The van der Waals surface area contributed by atoms with Crippen molar-refractivity contribution in [2.24, 2.45) is 5.10 Å². The summed E-state index contributed by atoms with van der Waals surface area (Å²) in [5.74, 6) is -0.693. The number of aryl methyl sites for hydroxylation is 2. The Morgan fingerprint density at radius 2 is 1.94 bits per heavy atom. The van der Waals surface area contributed by atoms with Gasteiger partial charge in [-0.2, -0.15) is 10.2 Å². The van der Waals surface area contributed by atoms with Crippen LogP contribution in [0.25, 0.3) is 0 Å².